The molecule has 1 atom stereocenters. The van der Waals surface area contributed by atoms with Crippen molar-refractivity contribution in [2.24, 2.45) is 0 Å². The average molecular weight is 792 g/mol. The molecule has 1 aromatic heterocycles. The molecule has 2 heteroatoms. The summed E-state index contributed by atoms with van der Waals surface area (Å²) in [6, 6.07) is 83.8. The van der Waals surface area contributed by atoms with Crippen LogP contribution >= 0.6 is 0 Å². The quantitative estimate of drug-likeness (QED) is 0.160. The first-order chi connectivity index (χ1) is 30.7. The highest BCUT2D eigenvalue weighted by Gasteiger charge is 2.41. The summed E-state index contributed by atoms with van der Waals surface area (Å²) in [6.07, 6.45) is 0. The fourth-order valence-corrected chi connectivity index (χ4v) is 10.3. The highest BCUT2D eigenvalue weighted by molar-refractivity contribution is 6.12. The van der Waals surface area contributed by atoms with E-state index in [9.17, 15) is 0 Å². The monoisotopic (exact) mass is 791 g/mol. The first kappa shape index (κ1) is 36.0. The maximum Gasteiger partial charge on any atom is 0.143 e. The van der Waals surface area contributed by atoms with Crippen LogP contribution in [-0.4, -0.2) is 0 Å². The molecule has 0 N–H and O–H groups in total. The Balaban J connectivity index is 1.15. The van der Waals surface area contributed by atoms with Gasteiger partial charge in [-0.25, -0.2) is 0 Å². The third-order valence-corrected chi connectivity index (χ3v) is 13.2. The molecule has 0 aliphatic heterocycles. The van der Waals surface area contributed by atoms with Crippen molar-refractivity contribution < 1.29 is 4.42 Å². The minimum Gasteiger partial charge on any atom is -0.455 e. The molecule has 0 saturated carbocycles. The summed E-state index contributed by atoms with van der Waals surface area (Å²) in [6.45, 7) is 2.40. The van der Waals surface area contributed by atoms with Crippen molar-refractivity contribution in [3.05, 3.63) is 247 Å². The normalized spacial score (nSPS) is 14.3. The van der Waals surface area contributed by atoms with Crippen LogP contribution in [0.25, 0.3) is 77.2 Å². The first-order valence-corrected chi connectivity index (χ1v) is 21.4. The SMILES string of the molecule is CC1(c2ccccc2)c2ccccc2-c2ccc(N(c3ccccc3-c3cccc4c3oc3ccccc34)c3ccccc3-c3cccc4cccc(-c5ccccc5)c34)cc21. The van der Waals surface area contributed by atoms with E-state index in [-0.39, 0.29) is 5.41 Å². The van der Waals surface area contributed by atoms with Gasteiger partial charge in [-0.15, -0.1) is 0 Å². The molecule has 0 fully saturated rings. The molecule has 1 aliphatic carbocycles. The van der Waals surface area contributed by atoms with Crippen LogP contribution in [0.15, 0.2) is 235 Å². The second kappa shape index (κ2) is 14.4. The fourth-order valence-electron chi connectivity index (χ4n) is 10.3. The number of hydrogen-bond acceptors (Lipinski definition) is 2. The van der Waals surface area contributed by atoms with Crippen molar-refractivity contribution in [1.29, 1.82) is 0 Å². The van der Waals surface area contributed by atoms with E-state index >= 15 is 0 Å². The van der Waals surface area contributed by atoms with Gasteiger partial charge < -0.3 is 9.32 Å². The molecular weight excluding hydrogens is 751 g/mol. The molecule has 10 aromatic carbocycles. The Hall–Kier alpha value is -7.94. The van der Waals surface area contributed by atoms with Crippen molar-refractivity contribution in [2.75, 3.05) is 4.90 Å². The van der Waals surface area contributed by atoms with Crippen LogP contribution in [0.1, 0.15) is 23.6 Å². The Morgan fingerprint density at radius 3 is 1.71 bits per heavy atom. The second-order valence-electron chi connectivity index (χ2n) is 16.5. The summed E-state index contributed by atoms with van der Waals surface area (Å²) in [5.41, 5.74) is 18.0. The number of nitrogens with zero attached hydrogens (tertiary/aromatic N) is 1. The van der Waals surface area contributed by atoms with Gasteiger partial charge in [0.15, 0.2) is 0 Å². The molecule has 1 heterocycles. The van der Waals surface area contributed by atoms with Gasteiger partial charge in [-0.1, -0.05) is 200 Å². The van der Waals surface area contributed by atoms with Crippen molar-refractivity contribution in [1.82, 2.24) is 0 Å². The lowest BCUT2D eigenvalue weighted by molar-refractivity contribution is 0.670. The van der Waals surface area contributed by atoms with Crippen LogP contribution in [0.2, 0.25) is 0 Å². The van der Waals surface area contributed by atoms with Gasteiger partial charge >= 0.3 is 0 Å². The van der Waals surface area contributed by atoms with Gasteiger partial charge in [0.2, 0.25) is 0 Å². The maximum absolute atomic E-state index is 6.73. The largest absolute Gasteiger partial charge is 0.455 e. The topological polar surface area (TPSA) is 16.4 Å². The molecule has 292 valence electrons. The predicted octanol–water partition coefficient (Wildman–Crippen LogP) is 16.5. The number of furan rings is 1. The Kier molecular flexibility index (Phi) is 8.33. The number of anilines is 3. The molecule has 0 amide bonds. The Bertz CT molecular complexity index is 3490. The Morgan fingerprint density at radius 1 is 0.387 bits per heavy atom. The van der Waals surface area contributed by atoms with Gasteiger partial charge in [0, 0.05) is 38.6 Å². The third kappa shape index (κ3) is 5.50. The van der Waals surface area contributed by atoms with Crippen LogP contribution < -0.4 is 4.90 Å². The van der Waals surface area contributed by atoms with E-state index in [1.807, 2.05) is 6.07 Å². The smallest absolute Gasteiger partial charge is 0.143 e. The third-order valence-electron chi connectivity index (χ3n) is 13.2. The summed E-state index contributed by atoms with van der Waals surface area (Å²) < 4.78 is 6.73. The number of hydrogen-bond donors (Lipinski definition) is 0. The summed E-state index contributed by atoms with van der Waals surface area (Å²) in [5.74, 6) is 0. The van der Waals surface area contributed by atoms with Gasteiger partial charge in [0.05, 0.1) is 11.4 Å². The molecule has 12 rings (SSSR count). The van der Waals surface area contributed by atoms with E-state index in [1.165, 1.54) is 55.3 Å². The Morgan fingerprint density at radius 2 is 0.935 bits per heavy atom. The minimum atomic E-state index is -0.367. The molecular formula is C60H41NO. The molecule has 1 unspecified atom stereocenters. The van der Waals surface area contributed by atoms with Crippen molar-refractivity contribution in [3.63, 3.8) is 0 Å². The molecule has 0 saturated heterocycles. The van der Waals surface area contributed by atoms with Crippen LogP contribution in [0.5, 0.6) is 0 Å². The number of para-hydroxylation sites is 4. The van der Waals surface area contributed by atoms with E-state index in [0.717, 1.165) is 55.7 Å². The highest BCUT2D eigenvalue weighted by Crippen LogP contribution is 2.55. The molecule has 62 heavy (non-hydrogen) atoms. The Labute approximate surface area is 361 Å². The maximum atomic E-state index is 6.73. The average Bonchev–Trinajstić information content (AvgIpc) is 3.85. The van der Waals surface area contributed by atoms with E-state index in [4.69, 9.17) is 4.42 Å². The predicted molar refractivity (Wildman–Crippen MR) is 260 cm³/mol. The van der Waals surface area contributed by atoms with E-state index < -0.39 is 0 Å². The van der Waals surface area contributed by atoms with Gasteiger partial charge in [-0.2, -0.15) is 0 Å². The molecule has 11 aromatic rings. The zero-order chi connectivity index (χ0) is 41.2. The van der Waals surface area contributed by atoms with E-state index in [0.29, 0.717) is 0 Å². The van der Waals surface area contributed by atoms with E-state index in [2.05, 4.69) is 236 Å². The molecule has 0 bridgehead atoms. The molecule has 0 spiro atoms. The number of rotatable bonds is 7. The lowest BCUT2D eigenvalue weighted by Crippen LogP contribution is -2.23. The number of benzene rings is 10. The highest BCUT2D eigenvalue weighted by atomic mass is 16.3. The summed E-state index contributed by atoms with van der Waals surface area (Å²) in [4.78, 5) is 2.49. The zero-order valence-electron chi connectivity index (χ0n) is 34.3. The second-order valence-corrected chi connectivity index (χ2v) is 16.5. The van der Waals surface area contributed by atoms with Crippen LogP contribution in [-0.2, 0) is 5.41 Å². The summed E-state index contributed by atoms with van der Waals surface area (Å²) in [7, 11) is 0. The van der Waals surface area contributed by atoms with Crippen molar-refractivity contribution in [2.45, 2.75) is 12.3 Å². The van der Waals surface area contributed by atoms with E-state index in [1.54, 1.807) is 0 Å². The molecule has 1 aliphatic rings. The minimum absolute atomic E-state index is 0.367. The van der Waals surface area contributed by atoms with Crippen LogP contribution in [0.3, 0.4) is 0 Å². The van der Waals surface area contributed by atoms with Gasteiger partial charge in [-0.05, 0) is 92.5 Å². The van der Waals surface area contributed by atoms with Gasteiger partial charge in [0.25, 0.3) is 0 Å². The van der Waals surface area contributed by atoms with Gasteiger partial charge in [-0.3, -0.25) is 0 Å². The zero-order valence-corrected chi connectivity index (χ0v) is 34.3. The summed E-state index contributed by atoms with van der Waals surface area (Å²) in [5, 5.41) is 4.66. The molecule has 2 nitrogen and oxygen atoms in total. The van der Waals surface area contributed by atoms with Crippen molar-refractivity contribution >= 4 is 49.8 Å². The number of fused-ring (bicyclic) bond motifs is 7. The summed E-state index contributed by atoms with van der Waals surface area (Å²) >= 11 is 0. The lowest BCUT2D eigenvalue weighted by Gasteiger charge is -2.32. The lowest BCUT2D eigenvalue weighted by atomic mass is 9.74. The van der Waals surface area contributed by atoms with Crippen molar-refractivity contribution in [3.8, 4) is 44.5 Å². The molecule has 0 radical (unpaired) electrons. The van der Waals surface area contributed by atoms with Gasteiger partial charge in [0.1, 0.15) is 11.2 Å². The first-order valence-electron chi connectivity index (χ1n) is 21.4. The van der Waals surface area contributed by atoms with Crippen LogP contribution in [0, 0.1) is 0 Å². The van der Waals surface area contributed by atoms with Crippen LogP contribution in [0.4, 0.5) is 17.1 Å². The fraction of sp³-hybridized carbons (Fsp3) is 0.0333. The standard InChI is InChI=1S/C60H41NO/c1-60(42-23-6-3-7-24-42)53-33-12-8-25-45(53)46-38-37-43(39-54(46)60)61(56-35-14-10-27-48(56)51-31-18-32-52-49-28-11-15-36-57(49)62-59(51)52)55-34-13-9-26-47(55)50-30-17-22-41-21-16-29-44(58(41)50)40-19-4-2-5-20-40/h2-39H,1H3.